The number of thiazole rings is 1. The van der Waals surface area contributed by atoms with Crippen molar-refractivity contribution in [1.29, 1.82) is 0 Å². The van der Waals surface area contributed by atoms with Crippen molar-refractivity contribution in [2.24, 2.45) is 5.10 Å². The van der Waals surface area contributed by atoms with Gasteiger partial charge in [0.2, 0.25) is 5.13 Å². The molecule has 2 aromatic heterocycles. The number of hydrogen-bond donors (Lipinski definition) is 0. The van der Waals surface area contributed by atoms with Gasteiger partial charge < -0.3 is 9.64 Å². The lowest BCUT2D eigenvalue weighted by Crippen LogP contribution is -2.33. The van der Waals surface area contributed by atoms with Crippen molar-refractivity contribution in [2.75, 3.05) is 24.7 Å². The number of carbonyl (C=O) groups is 2. The second-order valence-electron chi connectivity index (χ2n) is 8.34. The number of hydrazone groups is 1. The van der Waals surface area contributed by atoms with Crippen LogP contribution in [0, 0.1) is 0 Å². The number of nitrogens with zero attached hydrogens (tertiary/aromatic N) is 7. The number of fused-ring (bicyclic) bond motifs is 2. The van der Waals surface area contributed by atoms with Crippen LogP contribution in [0.4, 0.5) is 14.7 Å². The minimum Gasteiger partial charge on any atom is -0.442 e. The summed E-state index contributed by atoms with van der Waals surface area (Å²) < 4.78 is 7.12. The molecule has 2 aliphatic heterocycles. The Morgan fingerprint density at radius 2 is 2.27 bits per heavy atom. The zero-order chi connectivity index (χ0) is 23.6. The van der Waals surface area contributed by atoms with E-state index in [-0.39, 0.29) is 18.7 Å². The Labute approximate surface area is 195 Å². The summed E-state index contributed by atoms with van der Waals surface area (Å²) in [6.45, 7) is 10.2. The van der Waals surface area contributed by atoms with Gasteiger partial charge in [0, 0.05) is 24.3 Å². The van der Waals surface area contributed by atoms with E-state index in [1.165, 1.54) is 22.6 Å². The van der Waals surface area contributed by atoms with E-state index >= 15 is 0 Å². The molecule has 0 aromatic carbocycles. The van der Waals surface area contributed by atoms with Crippen molar-refractivity contribution >= 4 is 40.5 Å². The molecule has 0 N–H and O–H groups in total. The van der Waals surface area contributed by atoms with Gasteiger partial charge in [0.05, 0.1) is 31.1 Å². The Kier molecular flexibility index (Phi) is 6.29. The lowest BCUT2D eigenvalue weighted by Gasteiger charge is -2.22. The largest absolute Gasteiger partial charge is 0.442 e. The number of aromatic nitrogens is 3. The average Bonchev–Trinajstić information content (AvgIpc) is 3.48. The maximum absolute atomic E-state index is 12.6. The van der Waals surface area contributed by atoms with E-state index in [0.717, 1.165) is 10.7 Å². The average molecular weight is 472 g/mol. The van der Waals surface area contributed by atoms with Crippen LogP contribution in [-0.4, -0.2) is 74.4 Å². The number of urea groups is 1. The van der Waals surface area contributed by atoms with Gasteiger partial charge in [-0.15, -0.1) is 22.9 Å². The Morgan fingerprint density at radius 3 is 2.97 bits per heavy atom. The number of hydroxylamine groups is 2. The maximum atomic E-state index is 12.6. The summed E-state index contributed by atoms with van der Waals surface area (Å²) in [5, 5.41) is 13.4. The molecule has 2 aromatic rings. The summed E-state index contributed by atoms with van der Waals surface area (Å²) in [6, 6.07) is 1.38. The van der Waals surface area contributed by atoms with Crippen LogP contribution >= 0.6 is 11.3 Å². The predicted octanol–water partition coefficient (Wildman–Crippen LogP) is 3.19. The Hall–Kier alpha value is -3.51. The molecule has 1 atom stereocenters. The maximum Gasteiger partial charge on any atom is 0.437 e. The molecule has 0 spiro atoms. The van der Waals surface area contributed by atoms with Gasteiger partial charge in [-0.05, 0) is 32.9 Å². The van der Waals surface area contributed by atoms with E-state index in [0.29, 0.717) is 23.9 Å². The molecule has 0 radical (unpaired) electrons. The Balaban J connectivity index is 1.50. The van der Waals surface area contributed by atoms with Crippen LogP contribution in [-0.2, 0) is 9.57 Å². The van der Waals surface area contributed by atoms with E-state index in [2.05, 4.69) is 21.8 Å². The van der Waals surface area contributed by atoms with Crippen LogP contribution in [0.25, 0.3) is 5.70 Å². The molecule has 2 aliphatic rings. The van der Waals surface area contributed by atoms with Crippen molar-refractivity contribution < 1.29 is 19.2 Å². The van der Waals surface area contributed by atoms with E-state index < -0.39 is 11.7 Å². The molecule has 11 nitrogen and oxygen atoms in total. The molecule has 4 rings (SSSR count). The minimum atomic E-state index is -0.674. The molecular weight excluding hydrogens is 446 g/mol. The Morgan fingerprint density at radius 1 is 1.45 bits per heavy atom. The monoisotopic (exact) mass is 471 g/mol. The van der Waals surface area contributed by atoms with Gasteiger partial charge in [0.25, 0.3) is 0 Å². The molecule has 1 unspecified atom stereocenters. The fourth-order valence-corrected chi connectivity index (χ4v) is 3.89. The number of ether oxygens (including phenoxy) is 1. The summed E-state index contributed by atoms with van der Waals surface area (Å²) in [6.07, 6.45) is 7.75. The van der Waals surface area contributed by atoms with Crippen molar-refractivity contribution in [2.45, 2.75) is 32.4 Å². The second-order valence-corrected chi connectivity index (χ2v) is 9.21. The zero-order valence-corrected chi connectivity index (χ0v) is 19.4. The first-order chi connectivity index (χ1) is 15.7. The third kappa shape index (κ3) is 5.12. The van der Waals surface area contributed by atoms with E-state index in [4.69, 9.17) is 9.57 Å². The highest BCUT2D eigenvalue weighted by molar-refractivity contribution is 7.13. The molecule has 0 saturated carbocycles. The van der Waals surface area contributed by atoms with Crippen molar-refractivity contribution in [1.82, 2.24) is 24.7 Å². The molecule has 4 heterocycles. The quantitative estimate of drug-likeness (QED) is 0.349. The highest BCUT2D eigenvalue weighted by Gasteiger charge is 2.41. The van der Waals surface area contributed by atoms with E-state index in [1.54, 1.807) is 60.3 Å². The van der Waals surface area contributed by atoms with Gasteiger partial charge in [-0.3, -0.25) is 4.84 Å². The fourth-order valence-electron chi connectivity index (χ4n) is 3.30. The number of hydrogen-bond acceptors (Lipinski definition) is 8. The lowest BCUT2D eigenvalue weighted by atomic mass is 10.2. The number of anilines is 1. The van der Waals surface area contributed by atoms with Crippen molar-refractivity contribution in [3.05, 3.63) is 48.3 Å². The number of amides is 3. The fraction of sp³-hybridized carbons (Fsp3) is 0.381. The summed E-state index contributed by atoms with van der Waals surface area (Å²) in [4.78, 5) is 36.4. The zero-order valence-electron chi connectivity index (χ0n) is 18.6. The highest BCUT2D eigenvalue weighted by atomic mass is 32.1. The normalized spacial score (nSPS) is 18.1. The molecule has 12 heteroatoms. The summed E-state index contributed by atoms with van der Waals surface area (Å²) in [5.41, 5.74) is 0.694. The Bertz CT molecular complexity index is 1090. The standard InChI is InChI=1S/C21H25N7O4S/c1-5-9-31-28-17-11-16(13-25(14-17)19(28)29)26-8-6-15(24-26)12-23-27(18-22-7-10-33-18)20(30)32-21(2,3)4/h5-8,10-12,17H,1,9,13-14H2,2-4H3. The van der Waals surface area contributed by atoms with Gasteiger partial charge in [-0.25, -0.2) is 19.3 Å². The van der Waals surface area contributed by atoms with Crippen LogP contribution in [0.15, 0.2) is 47.7 Å². The molecule has 1 saturated heterocycles. The minimum absolute atomic E-state index is 0.182. The second kappa shape index (κ2) is 9.16. The third-order valence-corrected chi connectivity index (χ3v) is 5.36. The molecule has 2 bridgehead atoms. The molecule has 33 heavy (non-hydrogen) atoms. The first-order valence-electron chi connectivity index (χ1n) is 10.3. The topological polar surface area (TPSA) is 105 Å². The van der Waals surface area contributed by atoms with Gasteiger partial charge in [-0.1, -0.05) is 6.08 Å². The number of rotatable bonds is 7. The molecule has 3 amide bonds. The van der Waals surface area contributed by atoms with Crippen molar-refractivity contribution in [3.8, 4) is 0 Å². The molecule has 1 fully saturated rings. The first-order valence-corrected chi connectivity index (χ1v) is 11.2. The van der Waals surface area contributed by atoms with Gasteiger partial charge >= 0.3 is 12.1 Å². The molecule has 0 aliphatic carbocycles. The number of carbonyl (C=O) groups excluding carboxylic acids is 2. The predicted molar refractivity (Wildman–Crippen MR) is 124 cm³/mol. The van der Waals surface area contributed by atoms with Crippen molar-refractivity contribution in [3.63, 3.8) is 0 Å². The summed E-state index contributed by atoms with van der Waals surface area (Å²) in [7, 11) is 0. The SMILES string of the molecule is C=CCON1C(=O)N2CC(n3ccc(C=NN(C(=O)OC(C)(C)C)c4nccs4)n3)=CC1C2. The van der Waals surface area contributed by atoms with Crippen LogP contribution in [0.1, 0.15) is 26.5 Å². The first kappa shape index (κ1) is 22.7. The third-order valence-electron chi connectivity index (χ3n) is 4.61. The van der Waals surface area contributed by atoms with Crippen LogP contribution < -0.4 is 5.01 Å². The van der Waals surface area contributed by atoms with Crippen LogP contribution in [0.5, 0.6) is 0 Å². The molecule has 174 valence electrons. The lowest BCUT2D eigenvalue weighted by molar-refractivity contribution is -0.107. The van der Waals surface area contributed by atoms with E-state index in [1.807, 2.05) is 6.08 Å². The molecular formula is C21H25N7O4S. The summed E-state index contributed by atoms with van der Waals surface area (Å²) in [5.74, 6) is 0. The highest BCUT2D eigenvalue weighted by Crippen LogP contribution is 2.26. The smallest absolute Gasteiger partial charge is 0.437 e. The van der Waals surface area contributed by atoms with Gasteiger partial charge in [0.1, 0.15) is 11.3 Å². The van der Waals surface area contributed by atoms with Gasteiger partial charge in [0.15, 0.2) is 0 Å². The van der Waals surface area contributed by atoms with Crippen LogP contribution in [0.2, 0.25) is 0 Å². The summed E-state index contributed by atoms with van der Waals surface area (Å²) >= 11 is 1.27. The van der Waals surface area contributed by atoms with Gasteiger partial charge in [-0.2, -0.15) is 15.3 Å². The van der Waals surface area contributed by atoms with E-state index in [9.17, 15) is 9.59 Å². The van der Waals surface area contributed by atoms with Crippen LogP contribution in [0.3, 0.4) is 0 Å².